The number of hydrogen-bond donors (Lipinski definition) is 1. The molecule has 0 radical (unpaired) electrons. The van der Waals surface area contributed by atoms with E-state index in [1.807, 2.05) is 18.2 Å². The Labute approximate surface area is 121 Å². The molecule has 2 unspecified atom stereocenters. The number of nitrogens with one attached hydrogen (secondary N) is 1. The smallest absolute Gasteiger partial charge is 0.0452 e. The molecule has 18 heavy (non-hydrogen) atoms. The molecule has 1 aromatic carbocycles. The number of rotatable bonds is 7. The van der Waals surface area contributed by atoms with Crippen LogP contribution >= 0.6 is 23.2 Å². The highest BCUT2D eigenvalue weighted by molar-refractivity contribution is 6.35. The van der Waals surface area contributed by atoms with E-state index in [4.69, 9.17) is 23.2 Å². The lowest BCUT2D eigenvalue weighted by Gasteiger charge is -2.24. The molecule has 0 fully saturated rings. The van der Waals surface area contributed by atoms with Crippen LogP contribution in [-0.2, 0) is 6.42 Å². The Morgan fingerprint density at radius 1 is 1.22 bits per heavy atom. The highest BCUT2D eigenvalue weighted by atomic mass is 35.5. The van der Waals surface area contributed by atoms with Crippen molar-refractivity contribution in [3.8, 4) is 0 Å². The quantitative estimate of drug-likeness (QED) is 0.748. The zero-order chi connectivity index (χ0) is 13.5. The van der Waals surface area contributed by atoms with Crippen LogP contribution in [0.15, 0.2) is 18.2 Å². The predicted molar refractivity (Wildman–Crippen MR) is 81.7 cm³/mol. The summed E-state index contributed by atoms with van der Waals surface area (Å²) in [6.07, 6.45) is 3.31. The van der Waals surface area contributed by atoms with Crippen molar-refractivity contribution in [3.05, 3.63) is 33.8 Å². The first-order valence-electron chi connectivity index (χ1n) is 6.75. The third kappa shape index (κ3) is 4.79. The van der Waals surface area contributed by atoms with E-state index in [0.717, 1.165) is 24.4 Å². The SMILES string of the molecule is CCCNC(CC)C(C)Cc1ccc(Cl)cc1Cl. The molecule has 0 aromatic heterocycles. The van der Waals surface area contributed by atoms with Crippen LogP contribution in [0.3, 0.4) is 0 Å². The molecule has 3 heteroatoms. The van der Waals surface area contributed by atoms with Crippen LogP contribution in [0.5, 0.6) is 0 Å². The van der Waals surface area contributed by atoms with Gasteiger partial charge < -0.3 is 5.32 Å². The van der Waals surface area contributed by atoms with E-state index in [9.17, 15) is 0 Å². The number of halogens is 2. The summed E-state index contributed by atoms with van der Waals surface area (Å²) in [5, 5.41) is 5.08. The molecule has 1 N–H and O–H groups in total. The summed E-state index contributed by atoms with van der Waals surface area (Å²) in [7, 11) is 0. The minimum absolute atomic E-state index is 0.552. The highest BCUT2D eigenvalue weighted by Crippen LogP contribution is 2.24. The summed E-state index contributed by atoms with van der Waals surface area (Å²) in [5.41, 5.74) is 1.19. The first kappa shape index (κ1) is 15.8. The molecule has 0 heterocycles. The number of hydrogen-bond acceptors (Lipinski definition) is 1. The van der Waals surface area contributed by atoms with E-state index in [1.165, 1.54) is 12.0 Å². The zero-order valence-electron chi connectivity index (χ0n) is 11.5. The molecule has 0 saturated carbocycles. The van der Waals surface area contributed by atoms with Gasteiger partial charge in [-0.15, -0.1) is 0 Å². The molecule has 0 aliphatic rings. The highest BCUT2D eigenvalue weighted by Gasteiger charge is 2.16. The Morgan fingerprint density at radius 2 is 1.94 bits per heavy atom. The van der Waals surface area contributed by atoms with Crippen molar-refractivity contribution < 1.29 is 0 Å². The average molecular weight is 288 g/mol. The molecule has 102 valence electrons. The lowest BCUT2D eigenvalue weighted by molar-refractivity contribution is 0.365. The van der Waals surface area contributed by atoms with Gasteiger partial charge in [-0.2, -0.15) is 0 Å². The van der Waals surface area contributed by atoms with Gasteiger partial charge in [0.15, 0.2) is 0 Å². The maximum Gasteiger partial charge on any atom is 0.0452 e. The molecule has 1 aromatic rings. The molecule has 2 atom stereocenters. The summed E-state index contributed by atoms with van der Waals surface area (Å²) in [4.78, 5) is 0. The van der Waals surface area contributed by atoms with Gasteiger partial charge in [0.05, 0.1) is 0 Å². The van der Waals surface area contributed by atoms with Gasteiger partial charge >= 0.3 is 0 Å². The van der Waals surface area contributed by atoms with Crippen molar-refractivity contribution >= 4 is 23.2 Å². The molecular formula is C15H23Cl2N. The van der Waals surface area contributed by atoms with E-state index >= 15 is 0 Å². The van der Waals surface area contributed by atoms with Gasteiger partial charge in [-0.05, 0) is 49.4 Å². The van der Waals surface area contributed by atoms with Gasteiger partial charge in [0.1, 0.15) is 0 Å². The second-order valence-electron chi connectivity index (χ2n) is 4.89. The fourth-order valence-corrected chi connectivity index (χ4v) is 2.74. The van der Waals surface area contributed by atoms with Crippen LogP contribution in [0, 0.1) is 5.92 Å². The van der Waals surface area contributed by atoms with Crippen molar-refractivity contribution in [3.63, 3.8) is 0 Å². The van der Waals surface area contributed by atoms with Crippen LogP contribution < -0.4 is 5.32 Å². The van der Waals surface area contributed by atoms with E-state index in [2.05, 4.69) is 26.1 Å². The van der Waals surface area contributed by atoms with Gasteiger partial charge in [0.2, 0.25) is 0 Å². The molecule has 0 amide bonds. The molecule has 1 nitrogen and oxygen atoms in total. The topological polar surface area (TPSA) is 12.0 Å². The van der Waals surface area contributed by atoms with Crippen molar-refractivity contribution in [2.45, 2.75) is 46.1 Å². The summed E-state index contributed by atoms with van der Waals surface area (Å²) in [5.74, 6) is 0.570. The van der Waals surface area contributed by atoms with Crippen LogP contribution in [0.1, 0.15) is 39.2 Å². The van der Waals surface area contributed by atoms with Gasteiger partial charge in [0.25, 0.3) is 0 Å². The lowest BCUT2D eigenvalue weighted by atomic mass is 9.92. The Balaban J connectivity index is 2.64. The van der Waals surface area contributed by atoms with Gasteiger partial charge in [0, 0.05) is 16.1 Å². The Bertz CT molecular complexity index is 366. The minimum Gasteiger partial charge on any atom is -0.314 e. The van der Waals surface area contributed by atoms with Gasteiger partial charge in [-0.25, -0.2) is 0 Å². The first-order chi connectivity index (χ1) is 8.58. The predicted octanol–water partition coefficient (Wildman–Crippen LogP) is 4.95. The molecule has 0 spiro atoms. The summed E-state index contributed by atoms with van der Waals surface area (Å²) in [6, 6.07) is 6.33. The standard InChI is InChI=1S/C15H23Cl2N/c1-4-8-18-15(5-2)11(3)9-12-6-7-13(16)10-14(12)17/h6-7,10-11,15,18H,4-5,8-9H2,1-3H3. The second-order valence-corrected chi connectivity index (χ2v) is 5.73. The second kappa shape index (κ2) is 8.04. The van der Waals surface area contributed by atoms with Crippen molar-refractivity contribution in [2.24, 2.45) is 5.92 Å². The molecule has 1 rings (SSSR count). The van der Waals surface area contributed by atoms with Crippen LogP contribution in [0.4, 0.5) is 0 Å². The van der Waals surface area contributed by atoms with E-state index < -0.39 is 0 Å². The molecule has 0 saturated heterocycles. The summed E-state index contributed by atoms with van der Waals surface area (Å²) in [6.45, 7) is 7.78. The maximum atomic E-state index is 6.22. The fourth-order valence-electron chi connectivity index (χ4n) is 2.25. The lowest BCUT2D eigenvalue weighted by Crippen LogP contribution is -2.35. The van der Waals surface area contributed by atoms with Gasteiger partial charge in [-0.1, -0.05) is 50.0 Å². The maximum absolute atomic E-state index is 6.22. The first-order valence-corrected chi connectivity index (χ1v) is 7.51. The van der Waals surface area contributed by atoms with Crippen LogP contribution in [-0.4, -0.2) is 12.6 Å². The Morgan fingerprint density at radius 3 is 2.50 bits per heavy atom. The number of benzene rings is 1. The van der Waals surface area contributed by atoms with Gasteiger partial charge in [-0.3, -0.25) is 0 Å². The van der Waals surface area contributed by atoms with Crippen molar-refractivity contribution in [2.75, 3.05) is 6.54 Å². The van der Waals surface area contributed by atoms with E-state index in [1.54, 1.807) is 0 Å². The largest absolute Gasteiger partial charge is 0.314 e. The molecule has 0 aliphatic heterocycles. The third-order valence-electron chi connectivity index (χ3n) is 3.34. The molecular weight excluding hydrogens is 265 g/mol. The monoisotopic (exact) mass is 287 g/mol. The fraction of sp³-hybridized carbons (Fsp3) is 0.600. The zero-order valence-corrected chi connectivity index (χ0v) is 13.0. The molecule has 0 bridgehead atoms. The molecule has 0 aliphatic carbocycles. The normalized spacial score (nSPS) is 14.5. The third-order valence-corrected chi connectivity index (χ3v) is 3.93. The summed E-state index contributed by atoms with van der Waals surface area (Å²) < 4.78 is 0. The van der Waals surface area contributed by atoms with Crippen LogP contribution in [0.25, 0.3) is 0 Å². The van der Waals surface area contributed by atoms with E-state index in [-0.39, 0.29) is 0 Å². The average Bonchev–Trinajstić information content (AvgIpc) is 2.34. The van der Waals surface area contributed by atoms with E-state index in [0.29, 0.717) is 17.0 Å². The minimum atomic E-state index is 0.552. The van der Waals surface area contributed by atoms with Crippen LogP contribution in [0.2, 0.25) is 10.0 Å². The summed E-state index contributed by atoms with van der Waals surface area (Å²) >= 11 is 12.1. The van der Waals surface area contributed by atoms with Crippen molar-refractivity contribution in [1.82, 2.24) is 5.32 Å². The Kier molecular flexibility index (Phi) is 7.06. The van der Waals surface area contributed by atoms with Crippen molar-refractivity contribution in [1.29, 1.82) is 0 Å². The Hall–Kier alpha value is -0.240.